The number of nitrogens with one attached hydrogen (secondary N) is 1. The Morgan fingerprint density at radius 1 is 1.00 bits per heavy atom. The van der Waals surface area contributed by atoms with Crippen molar-refractivity contribution in [2.45, 2.75) is 39.4 Å². The highest BCUT2D eigenvalue weighted by atomic mass is 19.4. The minimum atomic E-state index is -4.67. The van der Waals surface area contributed by atoms with Crippen molar-refractivity contribution in [2.75, 3.05) is 0 Å². The van der Waals surface area contributed by atoms with Crippen molar-refractivity contribution >= 4 is 11.7 Å². The Morgan fingerprint density at radius 3 is 2.27 bits per heavy atom. The predicted octanol–water partition coefficient (Wildman–Crippen LogP) is 4.85. The quantitative estimate of drug-likeness (QED) is 0.469. The lowest BCUT2D eigenvalue weighted by Crippen LogP contribution is -2.29. The molecule has 0 fully saturated rings. The Morgan fingerprint density at radius 2 is 1.64 bits per heavy atom. The summed E-state index contributed by atoms with van der Waals surface area (Å²) in [6.45, 7) is 5.12. The Hall–Kier alpha value is -3.75. The van der Waals surface area contributed by atoms with Gasteiger partial charge in [0.15, 0.2) is 0 Å². The van der Waals surface area contributed by atoms with Gasteiger partial charge >= 0.3 is 6.18 Å². The summed E-state index contributed by atoms with van der Waals surface area (Å²) in [6.07, 6.45) is -4.70. The van der Waals surface area contributed by atoms with Crippen LogP contribution in [0.2, 0.25) is 0 Å². The Balaban J connectivity index is 1.49. The number of rotatable bonds is 5. The van der Waals surface area contributed by atoms with Gasteiger partial charge in [-0.05, 0) is 37.5 Å². The third-order valence-electron chi connectivity index (χ3n) is 5.54. The highest BCUT2D eigenvalue weighted by Crippen LogP contribution is 2.27. The summed E-state index contributed by atoms with van der Waals surface area (Å²) >= 11 is 0. The van der Waals surface area contributed by atoms with Crippen molar-refractivity contribution in [3.05, 3.63) is 82.9 Å². The van der Waals surface area contributed by atoms with E-state index in [0.717, 1.165) is 21.2 Å². The van der Waals surface area contributed by atoms with Crippen LogP contribution in [-0.2, 0) is 17.4 Å². The van der Waals surface area contributed by atoms with Crippen LogP contribution in [0.1, 0.15) is 41.3 Å². The van der Waals surface area contributed by atoms with Crippen LogP contribution in [0.3, 0.4) is 0 Å². The number of carbonyl (C=O) groups is 1. The van der Waals surface area contributed by atoms with Crippen molar-refractivity contribution in [3.8, 4) is 11.1 Å². The van der Waals surface area contributed by atoms with Crippen molar-refractivity contribution in [3.63, 3.8) is 0 Å². The second-order valence-electron chi connectivity index (χ2n) is 7.86. The maximum Gasteiger partial charge on any atom is 0.453 e. The zero-order valence-corrected chi connectivity index (χ0v) is 18.3. The fourth-order valence-corrected chi connectivity index (χ4v) is 3.72. The van der Waals surface area contributed by atoms with Crippen LogP contribution in [0.5, 0.6) is 0 Å². The van der Waals surface area contributed by atoms with E-state index < -0.39 is 12.0 Å². The normalized spacial score (nSPS) is 12.7. The zero-order chi connectivity index (χ0) is 23.8. The van der Waals surface area contributed by atoms with E-state index in [4.69, 9.17) is 0 Å². The van der Waals surface area contributed by atoms with Crippen LogP contribution in [-0.4, -0.2) is 25.5 Å². The molecule has 2 aromatic carbocycles. The molecule has 0 saturated heterocycles. The maximum absolute atomic E-state index is 13.0. The van der Waals surface area contributed by atoms with E-state index in [1.165, 1.54) is 0 Å². The molecule has 0 saturated carbocycles. The van der Waals surface area contributed by atoms with Gasteiger partial charge in [-0.2, -0.15) is 18.2 Å². The third kappa shape index (κ3) is 4.72. The summed E-state index contributed by atoms with van der Waals surface area (Å²) in [5, 5.41) is 6.46. The smallest absolute Gasteiger partial charge is 0.349 e. The number of halogens is 3. The topological polar surface area (TPSA) is 72.2 Å². The molecule has 2 heterocycles. The molecule has 170 valence electrons. The predicted molar refractivity (Wildman–Crippen MR) is 117 cm³/mol. The van der Waals surface area contributed by atoms with Crippen LogP contribution in [0.15, 0.2) is 54.6 Å². The summed E-state index contributed by atoms with van der Waals surface area (Å²) in [5.74, 6) is -1.67. The number of aryl methyl sites for hydroxylation is 2. The molecule has 0 bridgehead atoms. The molecule has 0 unspecified atom stereocenters. The first-order valence-corrected chi connectivity index (χ1v) is 10.4. The molecule has 4 aromatic rings. The molecule has 0 aliphatic carbocycles. The summed E-state index contributed by atoms with van der Waals surface area (Å²) in [6, 6.07) is 17.7. The second-order valence-corrected chi connectivity index (χ2v) is 7.86. The van der Waals surface area contributed by atoms with Crippen LogP contribution in [0, 0.1) is 13.8 Å². The average molecular weight is 453 g/mol. The fraction of sp³-hybridized carbons (Fsp3) is 0.250. The minimum Gasteiger partial charge on any atom is -0.349 e. The number of benzene rings is 2. The number of hydrogen-bond donors (Lipinski definition) is 1. The Labute approximate surface area is 188 Å². The molecule has 9 heteroatoms. The van der Waals surface area contributed by atoms with Gasteiger partial charge in [0.1, 0.15) is 0 Å². The maximum atomic E-state index is 13.0. The van der Waals surface area contributed by atoms with Gasteiger partial charge in [0.05, 0.1) is 12.5 Å². The van der Waals surface area contributed by atoms with Crippen molar-refractivity contribution in [1.82, 2.24) is 24.9 Å². The number of carbonyl (C=O) groups excluding carboxylic acids is 1. The number of amides is 1. The number of hydrogen-bond acceptors (Lipinski definition) is 4. The van der Waals surface area contributed by atoms with E-state index in [9.17, 15) is 18.0 Å². The van der Waals surface area contributed by atoms with E-state index in [1.807, 2.05) is 61.5 Å². The number of nitrogens with zero attached hydrogens (tertiary/aromatic N) is 4. The third-order valence-corrected chi connectivity index (χ3v) is 5.54. The van der Waals surface area contributed by atoms with Gasteiger partial charge in [0.2, 0.25) is 5.91 Å². The average Bonchev–Trinajstić information content (AvgIpc) is 3.22. The van der Waals surface area contributed by atoms with E-state index in [-0.39, 0.29) is 24.1 Å². The second kappa shape index (κ2) is 8.65. The highest BCUT2D eigenvalue weighted by molar-refractivity contribution is 5.79. The summed E-state index contributed by atoms with van der Waals surface area (Å²) in [4.78, 5) is 20.3. The summed E-state index contributed by atoms with van der Waals surface area (Å²) in [5.41, 5.74) is 4.49. The standard InChI is InChI=1S/C24H22F3N5O/c1-14(17-9-11-19(12-10-17)18-7-5-4-6-8-18)28-21(33)13-20-15(2)29-23-30-22(24(25,26)27)31-32(23)16(20)3/h4-12,14H,13H2,1-3H3,(H,28,33)/t14-/m0/s1. The fourth-order valence-electron chi connectivity index (χ4n) is 3.72. The Bertz CT molecular complexity index is 1300. The molecule has 4 rings (SSSR count). The summed E-state index contributed by atoms with van der Waals surface area (Å²) < 4.78 is 39.9. The molecule has 1 atom stereocenters. The number of fused-ring (bicyclic) bond motifs is 1. The minimum absolute atomic E-state index is 0.0335. The van der Waals surface area contributed by atoms with Gasteiger partial charge in [0.25, 0.3) is 11.6 Å². The van der Waals surface area contributed by atoms with Crippen LogP contribution in [0.4, 0.5) is 13.2 Å². The van der Waals surface area contributed by atoms with Crippen molar-refractivity contribution in [1.29, 1.82) is 0 Å². The zero-order valence-electron chi connectivity index (χ0n) is 18.3. The van der Waals surface area contributed by atoms with Crippen molar-refractivity contribution < 1.29 is 18.0 Å². The molecule has 6 nitrogen and oxygen atoms in total. The first kappa shape index (κ1) is 22.4. The van der Waals surface area contributed by atoms with Gasteiger partial charge < -0.3 is 5.32 Å². The largest absolute Gasteiger partial charge is 0.453 e. The van der Waals surface area contributed by atoms with Gasteiger partial charge in [-0.1, -0.05) is 54.6 Å². The lowest BCUT2D eigenvalue weighted by atomic mass is 10.0. The first-order chi connectivity index (χ1) is 15.6. The van der Waals surface area contributed by atoms with Gasteiger partial charge in [-0.3, -0.25) is 4.79 Å². The van der Waals surface area contributed by atoms with Crippen LogP contribution >= 0.6 is 0 Å². The van der Waals surface area contributed by atoms with Crippen LogP contribution in [0.25, 0.3) is 16.9 Å². The van der Waals surface area contributed by atoms with E-state index in [1.54, 1.807) is 13.8 Å². The SMILES string of the molecule is Cc1nc2nc(C(F)(F)F)nn2c(C)c1CC(=O)N[C@@H](C)c1ccc(-c2ccccc2)cc1. The molecule has 0 aliphatic heterocycles. The number of alkyl halides is 3. The molecule has 0 spiro atoms. The molecule has 1 N–H and O–H groups in total. The lowest BCUT2D eigenvalue weighted by molar-refractivity contribution is -0.144. The molecular formula is C24H22F3N5O. The van der Waals surface area contributed by atoms with Gasteiger partial charge in [-0.25, -0.2) is 9.50 Å². The monoisotopic (exact) mass is 453 g/mol. The number of aromatic nitrogens is 4. The van der Waals surface area contributed by atoms with Crippen molar-refractivity contribution in [2.24, 2.45) is 0 Å². The molecule has 0 aliphatic rings. The molecular weight excluding hydrogens is 431 g/mol. The van der Waals surface area contributed by atoms with E-state index >= 15 is 0 Å². The Kier molecular flexibility index (Phi) is 5.88. The van der Waals surface area contributed by atoms with Crippen LogP contribution < -0.4 is 5.32 Å². The summed E-state index contributed by atoms with van der Waals surface area (Å²) in [7, 11) is 0. The molecule has 0 radical (unpaired) electrons. The van der Waals surface area contributed by atoms with Gasteiger partial charge in [0, 0.05) is 17.0 Å². The van der Waals surface area contributed by atoms with Gasteiger partial charge in [-0.15, -0.1) is 5.10 Å². The van der Waals surface area contributed by atoms with E-state index in [2.05, 4.69) is 20.4 Å². The molecule has 1 amide bonds. The lowest BCUT2D eigenvalue weighted by Gasteiger charge is -2.16. The molecule has 33 heavy (non-hydrogen) atoms. The highest BCUT2D eigenvalue weighted by Gasteiger charge is 2.37. The van der Waals surface area contributed by atoms with E-state index in [0.29, 0.717) is 17.0 Å². The first-order valence-electron chi connectivity index (χ1n) is 10.4. The molecule has 2 aromatic heterocycles.